The van der Waals surface area contributed by atoms with Crippen LogP contribution in [0.15, 0.2) is 97.2 Å². The SMILES string of the molecule is CCCCCNc1nc(N)nc2ccn(Cc3ccc(CN4CC5(C4)CN(C(=O)OCc4ccc(O[C@@H]6O[C@H](C(=O)O)[C@@H](O)[C@H](O)[C@H]6O)c(CNC(=O)CCNC(=O)CCCCC(=O)N6Cc7ccccc7/C=C\c7ccccc76)c4)CCO5)cc3OC)c12. The number of amides is 4. The number of nitrogens with zero attached hydrogens (tertiary/aromatic N) is 6. The van der Waals surface area contributed by atoms with E-state index in [0.29, 0.717) is 82.2 Å². The summed E-state index contributed by atoms with van der Waals surface area (Å²) in [5, 5.41) is 50.2. The van der Waals surface area contributed by atoms with Gasteiger partial charge in [0.2, 0.25) is 30.0 Å². The fourth-order valence-electron chi connectivity index (χ4n) is 11.7. The van der Waals surface area contributed by atoms with Crippen LogP contribution in [0.5, 0.6) is 11.5 Å². The molecule has 3 saturated heterocycles. The van der Waals surface area contributed by atoms with Gasteiger partial charge in [0.25, 0.3) is 0 Å². The number of aliphatic hydroxyl groups is 3. The summed E-state index contributed by atoms with van der Waals surface area (Å²) in [5.41, 5.74) is 13.7. The van der Waals surface area contributed by atoms with E-state index in [2.05, 4.69) is 60.5 Å². The second-order valence-electron chi connectivity index (χ2n) is 23.0. The third-order valence-corrected chi connectivity index (χ3v) is 16.4. The van der Waals surface area contributed by atoms with Crippen LogP contribution in [-0.2, 0) is 66.2 Å². The summed E-state index contributed by atoms with van der Waals surface area (Å²) >= 11 is 0. The number of nitrogens with two attached hydrogens (primary N) is 1. The third-order valence-electron chi connectivity index (χ3n) is 16.4. The molecule has 472 valence electrons. The van der Waals surface area contributed by atoms with Gasteiger partial charge < -0.3 is 80.2 Å². The number of carbonyl (C=O) groups is 5. The van der Waals surface area contributed by atoms with Crippen molar-refractivity contribution >= 4 is 70.4 Å². The maximum Gasteiger partial charge on any atom is 0.410 e. The van der Waals surface area contributed by atoms with E-state index in [4.69, 9.17) is 29.4 Å². The summed E-state index contributed by atoms with van der Waals surface area (Å²) in [5.74, 6) is -0.694. The van der Waals surface area contributed by atoms with Gasteiger partial charge in [-0.1, -0.05) is 92.6 Å². The second kappa shape index (κ2) is 29.1. The van der Waals surface area contributed by atoms with Gasteiger partial charge in [-0.25, -0.2) is 14.6 Å². The zero-order valence-corrected chi connectivity index (χ0v) is 50.1. The van der Waals surface area contributed by atoms with Crippen LogP contribution < -0.4 is 36.1 Å². The lowest BCUT2D eigenvalue weighted by Crippen LogP contribution is -2.70. The van der Waals surface area contributed by atoms with Crippen molar-refractivity contribution in [3.05, 3.63) is 136 Å². The number of methoxy groups -OCH3 is 1. The lowest BCUT2D eigenvalue weighted by Gasteiger charge is -2.53. The van der Waals surface area contributed by atoms with Gasteiger partial charge in [0, 0.05) is 82.4 Å². The first kappa shape index (κ1) is 63.4. The minimum absolute atomic E-state index is 0.0177. The van der Waals surface area contributed by atoms with Crippen LogP contribution >= 0.6 is 0 Å². The number of ether oxygens (including phenoxy) is 5. The topological polar surface area (TPSA) is 315 Å². The van der Waals surface area contributed by atoms with Crippen LogP contribution in [-0.4, -0.2) is 164 Å². The highest BCUT2D eigenvalue weighted by Crippen LogP contribution is 2.35. The number of likely N-dealkylation sites (tertiary alicyclic amines) is 1. The number of carboxylic acid groups (broad SMARTS) is 1. The van der Waals surface area contributed by atoms with Crippen LogP contribution in [0.4, 0.5) is 22.2 Å². The summed E-state index contributed by atoms with van der Waals surface area (Å²) in [4.78, 5) is 80.0. The fraction of sp³-hybridized carbons (Fsp3) is 0.431. The molecular formula is C65H78N10O14. The van der Waals surface area contributed by atoms with E-state index in [1.165, 1.54) is 6.07 Å². The number of hydrogen-bond donors (Lipinski definition) is 8. The molecule has 1 spiro atoms. The van der Waals surface area contributed by atoms with E-state index in [-0.39, 0.29) is 62.5 Å². The molecule has 2 aromatic heterocycles. The van der Waals surface area contributed by atoms with Gasteiger partial charge in [-0.05, 0) is 77.4 Å². The molecule has 6 heterocycles. The molecule has 0 radical (unpaired) electrons. The van der Waals surface area contributed by atoms with Gasteiger partial charge in [0.1, 0.15) is 47.5 Å². The number of para-hydroxylation sites is 1. The number of aromatic nitrogens is 3. The summed E-state index contributed by atoms with van der Waals surface area (Å²) in [6.45, 7) is 6.23. The summed E-state index contributed by atoms with van der Waals surface area (Å²) in [6, 6.07) is 28.5. The molecule has 0 aliphatic carbocycles. The van der Waals surface area contributed by atoms with Gasteiger partial charge in [0.15, 0.2) is 11.9 Å². The lowest BCUT2D eigenvalue weighted by atomic mass is 9.91. The molecule has 5 atom stereocenters. The molecule has 4 aliphatic heterocycles. The van der Waals surface area contributed by atoms with Gasteiger partial charge in [-0.3, -0.25) is 19.3 Å². The average Bonchev–Trinajstić information content (AvgIpc) is 2.95. The smallest absolute Gasteiger partial charge is 0.410 e. The van der Waals surface area contributed by atoms with Gasteiger partial charge >= 0.3 is 12.1 Å². The maximum atomic E-state index is 13.7. The number of aliphatic carboxylic acids is 1. The molecule has 89 heavy (non-hydrogen) atoms. The number of hydrogen-bond acceptors (Lipinski definition) is 18. The number of carboxylic acids is 1. The number of nitrogens with one attached hydrogen (secondary N) is 3. The third kappa shape index (κ3) is 15.6. The molecule has 4 amide bonds. The minimum Gasteiger partial charge on any atom is -0.496 e. The Morgan fingerprint density at radius 2 is 1.53 bits per heavy atom. The van der Waals surface area contributed by atoms with Crippen molar-refractivity contribution in [3.8, 4) is 11.5 Å². The van der Waals surface area contributed by atoms with Crippen LogP contribution in [0.2, 0.25) is 0 Å². The molecule has 0 bridgehead atoms. The highest BCUT2D eigenvalue weighted by atomic mass is 16.7. The predicted molar refractivity (Wildman–Crippen MR) is 330 cm³/mol. The van der Waals surface area contributed by atoms with E-state index >= 15 is 0 Å². The summed E-state index contributed by atoms with van der Waals surface area (Å²) < 4.78 is 31.4. The summed E-state index contributed by atoms with van der Waals surface area (Å²) in [6.07, 6.45) is 0.526. The van der Waals surface area contributed by atoms with Crippen LogP contribution in [0.25, 0.3) is 23.2 Å². The molecule has 9 N–H and O–H groups in total. The first-order valence-electron chi connectivity index (χ1n) is 30.3. The molecule has 0 unspecified atom stereocenters. The number of unbranched alkanes of at least 4 members (excludes halogenated alkanes) is 3. The molecular weight excluding hydrogens is 1140 g/mol. The molecule has 4 aliphatic rings. The largest absolute Gasteiger partial charge is 0.496 e. The van der Waals surface area contributed by atoms with Crippen molar-refractivity contribution in [2.24, 2.45) is 0 Å². The molecule has 24 nitrogen and oxygen atoms in total. The number of aliphatic hydroxyl groups excluding tert-OH is 3. The van der Waals surface area contributed by atoms with Gasteiger partial charge in [0.05, 0.1) is 44.6 Å². The number of benzene rings is 4. The van der Waals surface area contributed by atoms with E-state index in [1.54, 1.807) is 29.0 Å². The zero-order valence-electron chi connectivity index (χ0n) is 50.1. The summed E-state index contributed by atoms with van der Waals surface area (Å²) in [7, 11) is 1.66. The number of rotatable bonds is 25. The number of fused-ring (bicyclic) bond motifs is 3. The van der Waals surface area contributed by atoms with Gasteiger partial charge in [-0.15, -0.1) is 0 Å². The number of carbonyl (C=O) groups excluding carboxylic acids is 4. The predicted octanol–water partition coefficient (Wildman–Crippen LogP) is 5.57. The normalized spacial score (nSPS) is 19.9. The Kier molecular flexibility index (Phi) is 20.7. The Morgan fingerprint density at radius 1 is 0.764 bits per heavy atom. The van der Waals surface area contributed by atoms with Crippen molar-refractivity contribution in [2.75, 3.05) is 68.9 Å². The number of morpholine rings is 1. The van der Waals surface area contributed by atoms with Crippen LogP contribution in [0, 0.1) is 0 Å². The molecule has 0 saturated carbocycles. The van der Waals surface area contributed by atoms with E-state index in [1.807, 2.05) is 72.9 Å². The van der Waals surface area contributed by atoms with E-state index in [0.717, 1.165) is 76.1 Å². The van der Waals surface area contributed by atoms with Crippen LogP contribution in [0.1, 0.15) is 97.2 Å². The highest BCUT2D eigenvalue weighted by molar-refractivity contribution is 5.97. The molecule has 6 aromatic rings. The van der Waals surface area contributed by atoms with Crippen molar-refractivity contribution in [1.82, 2.24) is 35.0 Å². The molecule has 24 heteroatoms. The van der Waals surface area contributed by atoms with Crippen molar-refractivity contribution in [3.63, 3.8) is 0 Å². The lowest BCUT2D eigenvalue weighted by molar-refractivity contribution is -0.271. The second-order valence-corrected chi connectivity index (χ2v) is 23.0. The van der Waals surface area contributed by atoms with Crippen LogP contribution in [0.3, 0.4) is 0 Å². The zero-order chi connectivity index (χ0) is 62.6. The maximum absolute atomic E-state index is 13.7. The Bertz CT molecular complexity index is 3540. The highest BCUT2D eigenvalue weighted by Gasteiger charge is 2.49. The van der Waals surface area contributed by atoms with E-state index < -0.39 is 54.3 Å². The average molecular weight is 1220 g/mol. The quantitative estimate of drug-likeness (QED) is 0.0325. The monoisotopic (exact) mass is 1220 g/mol. The Labute approximate surface area is 515 Å². The van der Waals surface area contributed by atoms with Crippen molar-refractivity contribution in [1.29, 1.82) is 0 Å². The molecule has 3 fully saturated rings. The minimum atomic E-state index is -1.95. The standard InChI is InChI=1S/C65H78N10O14/c1-3-4-11-26-68-60-55-48(70-63(66)71-60)25-28-73(55)35-46-20-18-41(32-51(46)85-2)34-72-38-65(39-72)40-74(29-30-87-65)64(84)86-37-42-19-23-50(88-62-58(81)56(79)57(80)59(89-62)61(82)83)47(31-42)33-69-53(77)24-27-67-52(76)16-9-10-17-54(78)75-36-45-14-6-5-12-43(45)21-22-44-13-7-8-15-49(44)75/h5-8,12-15,18-23,25,28,31-32,56-59,62,79-81H,3-4,9-11,16-17,24,26-27,29-30,33-40H2,1-2H3,(H,67,76)(H,69,77)(H,82,83)(H3,66,68,70,71)/b22-21-/t56-,57-,58+,59-,62+/m0/s1. The first-order valence-corrected chi connectivity index (χ1v) is 30.3. The number of nitrogen functional groups attached to an aromatic ring is 1. The Balaban J connectivity index is 0.702. The van der Waals surface area contributed by atoms with Crippen molar-refractivity contribution in [2.45, 2.75) is 127 Å². The Morgan fingerprint density at radius 3 is 2.34 bits per heavy atom. The molecule has 10 rings (SSSR count). The fourth-order valence-corrected chi connectivity index (χ4v) is 11.7. The number of anilines is 3. The van der Waals surface area contributed by atoms with Gasteiger partial charge in [-0.2, -0.15) is 4.98 Å². The first-order chi connectivity index (χ1) is 43.1. The van der Waals surface area contributed by atoms with Crippen molar-refractivity contribution < 1.29 is 68.1 Å². The van der Waals surface area contributed by atoms with E-state index in [9.17, 15) is 44.4 Å². The molecule has 4 aromatic carbocycles. The Hall–Kier alpha value is -8.65.